The number of unbranched alkanes of at least 4 members (excludes halogenated alkanes) is 1. The molecule has 0 heterocycles. The van der Waals surface area contributed by atoms with E-state index < -0.39 is 0 Å². The van der Waals surface area contributed by atoms with Gasteiger partial charge in [-0.2, -0.15) is 0 Å². The van der Waals surface area contributed by atoms with Crippen molar-refractivity contribution in [2.75, 3.05) is 6.61 Å². The van der Waals surface area contributed by atoms with Gasteiger partial charge in [0.25, 0.3) is 0 Å². The maximum Gasteiger partial charge on any atom is 0.0562 e. The summed E-state index contributed by atoms with van der Waals surface area (Å²) >= 11 is 0. The summed E-state index contributed by atoms with van der Waals surface area (Å²) in [5, 5.41) is 17.8. The van der Waals surface area contributed by atoms with E-state index in [-0.39, 0.29) is 12.7 Å². The first-order valence-corrected chi connectivity index (χ1v) is 4.95. The van der Waals surface area contributed by atoms with E-state index in [1.807, 2.05) is 0 Å². The molecule has 74 valence electrons. The average molecular weight is 174 g/mol. The molecule has 0 radical (unpaired) electrons. The third kappa shape index (κ3) is 8.02. The van der Waals surface area contributed by atoms with Gasteiger partial charge in [-0.05, 0) is 18.8 Å². The van der Waals surface area contributed by atoms with Gasteiger partial charge in [-0.1, -0.05) is 33.1 Å². The molecule has 0 spiro atoms. The van der Waals surface area contributed by atoms with Crippen molar-refractivity contribution in [1.82, 2.24) is 0 Å². The Morgan fingerprint density at radius 2 is 1.58 bits per heavy atom. The summed E-state index contributed by atoms with van der Waals surface area (Å²) in [6.07, 6.45) is 4.60. The molecule has 0 amide bonds. The van der Waals surface area contributed by atoms with Gasteiger partial charge in [0.2, 0.25) is 0 Å². The van der Waals surface area contributed by atoms with E-state index in [4.69, 9.17) is 5.11 Å². The standard InChI is InChI=1S/C10H22O2/c1-9(2)5-3-4-6-10(12)7-8-11/h9-12H,3-8H2,1-2H3. The highest BCUT2D eigenvalue weighted by molar-refractivity contribution is 4.55. The summed E-state index contributed by atoms with van der Waals surface area (Å²) in [5.41, 5.74) is 0. The largest absolute Gasteiger partial charge is 0.396 e. The van der Waals surface area contributed by atoms with Gasteiger partial charge in [0.15, 0.2) is 0 Å². The second kappa shape index (κ2) is 7.56. The van der Waals surface area contributed by atoms with Crippen LogP contribution in [0.5, 0.6) is 0 Å². The quantitative estimate of drug-likeness (QED) is 0.579. The van der Waals surface area contributed by atoms with Crippen LogP contribution >= 0.6 is 0 Å². The first-order chi connectivity index (χ1) is 5.66. The highest BCUT2D eigenvalue weighted by atomic mass is 16.3. The van der Waals surface area contributed by atoms with Gasteiger partial charge in [-0.3, -0.25) is 0 Å². The molecule has 0 saturated carbocycles. The van der Waals surface area contributed by atoms with Crippen LogP contribution in [-0.2, 0) is 0 Å². The van der Waals surface area contributed by atoms with Crippen molar-refractivity contribution in [3.05, 3.63) is 0 Å². The molecule has 0 aromatic heterocycles. The lowest BCUT2D eigenvalue weighted by molar-refractivity contribution is 0.122. The molecular formula is C10H22O2. The van der Waals surface area contributed by atoms with Gasteiger partial charge in [-0.25, -0.2) is 0 Å². The van der Waals surface area contributed by atoms with Crippen LogP contribution in [0.15, 0.2) is 0 Å². The maximum absolute atomic E-state index is 9.25. The predicted molar refractivity (Wildman–Crippen MR) is 51.0 cm³/mol. The molecule has 0 bridgehead atoms. The van der Waals surface area contributed by atoms with E-state index in [0.29, 0.717) is 6.42 Å². The molecule has 1 unspecified atom stereocenters. The maximum atomic E-state index is 9.25. The molecule has 0 aliphatic heterocycles. The Morgan fingerprint density at radius 1 is 1.00 bits per heavy atom. The first kappa shape index (κ1) is 11.9. The monoisotopic (exact) mass is 174 g/mol. The van der Waals surface area contributed by atoms with Crippen LogP contribution in [0.3, 0.4) is 0 Å². The molecule has 0 aliphatic rings. The molecule has 0 aromatic rings. The zero-order valence-electron chi connectivity index (χ0n) is 8.29. The number of hydrogen-bond donors (Lipinski definition) is 2. The summed E-state index contributed by atoms with van der Waals surface area (Å²) < 4.78 is 0. The summed E-state index contributed by atoms with van der Waals surface area (Å²) in [6, 6.07) is 0. The highest BCUT2D eigenvalue weighted by Gasteiger charge is 2.02. The van der Waals surface area contributed by atoms with Crippen LogP contribution in [0, 0.1) is 5.92 Å². The lowest BCUT2D eigenvalue weighted by Gasteiger charge is -2.08. The van der Waals surface area contributed by atoms with Gasteiger partial charge in [0.05, 0.1) is 6.10 Å². The van der Waals surface area contributed by atoms with Crippen LogP contribution < -0.4 is 0 Å². The van der Waals surface area contributed by atoms with Crippen molar-refractivity contribution < 1.29 is 10.2 Å². The fourth-order valence-corrected chi connectivity index (χ4v) is 1.23. The normalized spacial score (nSPS) is 13.8. The van der Waals surface area contributed by atoms with E-state index >= 15 is 0 Å². The second-order valence-corrected chi connectivity index (χ2v) is 3.84. The topological polar surface area (TPSA) is 40.5 Å². The SMILES string of the molecule is CC(C)CCCCC(O)CCO. The van der Waals surface area contributed by atoms with Crippen LogP contribution in [0.25, 0.3) is 0 Å². The fraction of sp³-hybridized carbons (Fsp3) is 1.00. The van der Waals surface area contributed by atoms with E-state index in [9.17, 15) is 5.11 Å². The van der Waals surface area contributed by atoms with E-state index in [1.165, 1.54) is 12.8 Å². The lowest BCUT2D eigenvalue weighted by Crippen LogP contribution is -2.08. The average Bonchev–Trinajstić information content (AvgIpc) is 1.98. The molecule has 2 N–H and O–H groups in total. The van der Waals surface area contributed by atoms with Crippen LogP contribution in [0.2, 0.25) is 0 Å². The van der Waals surface area contributed by atoms with Crippen LogP contribution in [0.1, 0.15) is 46.0 Å². The summed E-state index contributed by atoms with van der Waals surface area (Å²) in [5.74, 6) is 0.764. The van der Waals surface area contributed by atoms with Gasteiger partial charge in [-0.15, -0.1) is 0 Å². The lowest BCUT2D eigenvalue weighted by atomic mass is 10.0. The van der Waals surface area contributed by atoms with E-state index in [1.54, 1.807) is 0 Å². The Labute approximate surface area is 75.6 Å². The fourth-order valence-electron chi connectivity index (χ4n) is 1.23. The number of aliphatic hydroxyl groups is 2. The smallest absolute Gasteiger partial charge is 0.0562 e. The minimum absolute atomic E-state index is 0.103. The van der Waals surface area contributed by atoms with Gasteiger partial charge >= 0.3 is 0 Å². The number of aliphatic hydroxyl groups excluding tert-OH is 2. The first-order valence-electron chi connectivity index (χ1n) is 4.95. The molecule has 12 heavy (non-hydrogen) atoms. The molecule has 1 atom stereocenters. The summed E-state index contributed by atoms with van der Waals surface area (Å²) in [7, 11) is 0. The predicted octanol–water partition coefficient (Wildman–Crippen LogP) is 1.95. The van der Waals surface area contributed by atoms with Crippen LogP contribution in [-0.4, -0.2) is 22.9 Å². The van der Waals surface area contributed by atoms with Crippen molar-refractivity contribution in [2.24, 2.45) is 5.92 Å². The van der Waals surface area contributed by atoms with Crippen molar-refractivity contribution in [1.29, 1.82) is 0 Å². The van der Waals surface area contributed by atoms with Crippen molar-refractivity contribution in [3.63, 3.8) is 0 Å². The Kier molecular flexibility index (Phi) is 7.51. The van der Waals surface area contributed by atoms with Gasteiger partial charge in [0, 0.05) is 6.61 Å². The Balaban J connectivity index is 3.08. The molecule has 0 aliphatic carbocycles. The molecule has 0 saturated heterocycles. The van der Waals surface area contributed by atoms with E-state index in [0.717, 1.165) is 18.8 Å². The van der Waals surface area contributed by atoms with Crippen molar-refractivity contribution in [3.8, 4) is 0 Å². The Morgan fingerprint density at radius 3 is 2.08 bits per heavy atom. The molecular weight excluding hydrogens is 152 g/mol. The third-order valence-electron chi connectivity index (χ3n) is 2.03. The third-order valence-corrected chi connectivity index (χ3v) is 2.03. The van der Waals surface area contributed by atoms with Crippen LogP contribution in [0.4, 0.5) is 0 Å². The highest BCUT2D eigenvalue weighted by Crippen LogP contribution is 2.10. The zero-order valence-corrected chi connectivity index (χ0v) is 8.29. The molecule has 0 rings (SSSR count). The molecule has 0 fully saturated rings. The van der Waals surface area contributed by atoms with Crippen molar-refractivity contribution in [2.45, 2.75) is 52.1 Å². The summed E-state index contributed by atoms with van der Waals surface area (Å²) in [6.45, 7) is 4.53. The number of rotatable bonds is 7. The Hall–Kier alpha value is -0.0800. The number of hydrogen-bond acceptors (Lipinski definition) is 2. The minimum atomic E-state index is -0.290. The van der Waals surface area contributed by atoms with Gasteiger partial charge in [0.1, 0.15) is 0 Å². The molecule has 2 nitrogen and oxygen atoms in total. The molecule has 2 heteroatoms. The van der Waals surface area contributed by atoms with Crippen molar-refractivity contribution >= 4 is 0 Å². The second-order valence-electron chi connectivity index (χ2n) is 3.84. The Bertz CT molecular complexity index is 91.8. The van der Waals surface area contributed by atoms with Gasteiger partial charge < -0.3 is 10.2 Å². The molecule has 0 aromatic carbocycles. The minimum Gasteiger partial charge on any atom is -0.396 e. The van der Waals surface area contributed by atoms with E-state index in [2.05, 4.69) is 13.8 Å². The zero-order chi connectivity index (χ0) is 9.40. The summed E-state index contributed by atoms with van der Waals surface area (Å²) in [4.78, 5) is 0.